The summed E-state index contributed by atoms with van der Waals surface area (Å²) in [7, 11) is 1.58. The first kappa shape index (κ1) is 19.8. The summed E-state index contributed by atoms with van der Waals surface area (Å²) in [6.45, 7) is 2.26. The number of benzene rings is 2. The first-order chi connectivity index (χ1) is 14.0. The van der Waals surface area contributed by atoms with Gasteiger partial charge >= 0.3 is 0 Å². The van der Waals surface area contributed by atoms with Crippen LogP contribution in [0.5, 0.6) is 0 Å². The van der Waals surface area contributed by atoms with Crippen LogP contribution < -0.4 is 10.2 Å². The van der Waals surface area contributed by atoms with Gasteiger partial charge in [0.25, 0.3) is 0 Å². The van der Waals surface area contributed by atoms with Gasteiger partial charge < -0.3 is 19.7 Å². The van der Waals surface area contributed by atoms with E-state index in [0.29, 0.717) is 44.8 Å². The molecule has 0 radical (unpaired) electrons. The van der Waals surface area contributed by atoms with E-state index in [-0.39, 0.29) is 11.3 Å². The zero-order valence-electron chi connectivity index (χ0n) is 16.3. The molecule has 0 unspecified atom stereocenters. The second-order valence-corrected chi connectivity index (χ2v) is 7.68. The number of carbonyl (C=O) groups excluding carboxylic acids is 1. The second kappa shape index (κ2) is 8.08. The monoisotopic (exact) mass is 402 g/mol. The third-order valence-electron chi connectivity index (χ3n) is 5.72. The average molecular weight is 402 g/mol. The van der Waals surface area contributed by atoms with Crippen LogP contribution >= 0.6 is 0 Å². The first-order valence-electron chi connectivity index (χ1n) is 9.69. The minimum atomic E-state index is -0.587. The molecule has 5 nitrogen and oxygen atoms in total. The molecule has 29 heavy (non-hydrogen) atoms. The first-order valence-corrected chi connectivity index (χ1v) is 9.69. The normalized spacial score (nSPS) is 22.9. The van der Waals surface area contributed by atoms with Crippen LogP contribution in [-0.2, 0) is 26.2 Å². The number of ether oxygens (including phenoxy) is 2. The number of fused-ring (bicyclic) bond motifs is 2. The lowest BCUT2D eigenvalue weighted by Crippen LogP contribution is -2.38. The fraction of sp³-hybridized carbons (Fsp3) is 0.409. The van der Waals surface area contributed by atoms with Crippen molar-refractivity contribution in [2.24, 2.45) is 0 Å². The molecule has 2 aliphatic heterocycles. The van der Waals surface area contributed by atoms with Crippen LogP contribution in [-0.4, -0.2) is 45.4 Å². The van der Waals surface area contributed by atoms with Crippen LogP contribution in [0.1, 0.15) is 17.5 Å². The van der Waals surface area contributed by atoms with E-state index < -0.39 is 17.7 Å². The van der Waals surface area contributed by atoms with Crippen molar-refractivity contribution in [2.45, 2.75) is 24.5 Å². The van der Waals surface area contributed by atoms with E-state index in [9.17, 15) is 13.6 Å². The quantitative estimate of drug-likeness (QED) is 0.755. The fourth-order valence-corrected chi connectivity index (χ4v) is 4.32. The SMILES string of the molecule is COCCNC(=O)[C@@H]1C[C@]2(CO1)CN(Cc1ccc(F)cc1F)c1ccccc12. The van der Waals surface area contributed by atoms with Crippen LogP contribution in [0.4, 0.5) is 14.5 Å². The maximum atomic E-state index is 14.2. The lowest BCUT2D eigenvalue weighted by molar-refractivity contribution is -0.130. The number of methoxy groups -OCH3 is 1. The van der Waals surface area contributed by atoms with E-state index >= 15 is 0 Å². The summed E-state index contributed by atoms with van der Waals surface area (Å²) in [6, 6.07) is 11.6. The second-order valence-electron chi connectivity index (χ2n) is 7.68. The molecular formula is C22H24F2N2O3. The molecule has 1 saturated heterocycles. The smallest absolute Gasteiger partial charge is 0.249 e. The van der Waals surface area contributed by atoms with Crippen LogP contribution in [0.2, 0.25) is 0 Å². The van der Waals surface area contributed by atoms with Crippen molar-refractivity contribution in [3.05, 3.63) is 65.2 Å². The lowest BCUT2D eigenvalue weighted by Gasteiger charge is -2.24. The Labute approximate surface area is 168 Å². The predicted molar refractivity (Wildman–Crippen MR) is 105 cm³/mol. The summed E-state index contributed by atoms with van der Waals surface area (Å²) >= 11 is 0. The summed E-state index contributed by atoms with van der Waals surface area (Å²) in [6.07, 6.45) is 0.0352. The Morgan fingerprint density at radius 1 is 1.31 bits per heavy atom. The van der Waals surface area contributed by atoms with Gasteiger partial charge in [0.15, 0.2) is 0 Å². The Morgan fingerprint density at radius 3 is 2.93 bits per heavy atom. The Hall–Kier alpha value is -2.51. The van der Waals surface area contributed by atoms with E-state index in [1.807, 2.05) is 24.3 Å². The Kier molecular flexibility index (Phi) is 5.52. The van der Waals surface area contributed by atoms with Crippen molar-refractivity contribution >= 4 is 11.6 Å². The van der Waals surface area contributed by atoms with E-state index in [0.717, 1.165) is 17.3 Å². The highest BCUT2D eigenvalue weighted by Crippen LogP contribution is 2.47. The van der Waals surface area contributed by atoms with Gasteiger partial charge in [-0.05, 0) is 24.1 Å². The van der Waals surface area contributed by atoms with E-state index in [1.54, 1.807) is 7.11 Å². The summed E-state index contributed by atoms with van der Waals surface area (Å²) in [5, 5.41) is 2.83. The lowest BCUT2D eigenvalue weighted by atomic mass is 9.80. The number of halogens is 2. The molecule has 0 aliphatic carbocycles. The number of rotatable bonds is 6. The van der Waals surface area contributed by atoms with Gasteiger partial charge in [-0.15, -0.1) is 0 Å². The minimum absolute atomic E-state index is 0.139. The van der Waals surface area contributed by atoms with Gasteiger partial charge in [0, 0.05) is 49.5 Å². The molecule has 2 aliphatic rings. The molecule has 2 atom stereocenters. The van der Waals surface area contributed by atoms with E-state index in [2.05, 4.69) is 10.2 Å². The maximum Gasteiger partial charge on any atom is 0.249 e. The number of amides is 1. The summed E-state index contributed by atoms with van der Waals surface area (Å²) in [5.74, 6) is -1.28. The zero-order chi connectivity index (χ0) is 20.4. The highest BCUT2D eigenvalue weighted by molar-refractivity contribution is 5.81. The Bertz CT molecular complexity index is 907. The van der Waals surface area contributed by atoms with Gasteiger partial charge in [0.2, 0.25) is 5.91 Å². The van der Waals surface area contributed by atoms with Gasteiger partial charge in [0.1, 0.15) is 17.7 Å². The summed E-state index contributed by atoms with van der Waals surface area (Å²) < 4.78 is 38.3. The molecule has 2 aromatic rings. The summed E-state index contributed by atoms with van der Waals surface area (Å²) in [5.41, 5.74) is 2.22. The molecule has 2 heterocycles. The van der Waals surface area contributed by atoms with E-state index in [1.165, 1.54) is 12.1 Å². The Morgan fingerprint density at radius 2 is 2.14 bits per heavy atom. The van der Waals surface area contributed by atoms with Crippen LogP contribution in [0.15, 0.2) is 42.5 Å². The Balaban J connectivity index is 1.53. The number of carbonyl (C=O) groups is 1. The fourth-order valence-electron chi connectivity index (χ4n) is 4.32. The van der Waals surface area contributed by atoms with Crippen LogP contribution in [0.25, 0.3) is 0 Å². The molecule has 7 heteroatoms. The van der Waals surface area contributed by atoms with E-state index in [4.69, 9.17) is 9.47 Å². The molecule has 1 amide bonds. The number of nitrogens with zero attached hydrogens (tertiary/aromatic N) is 1. The van der Waals surface area contributed by atoms with Crippen LogP contribution in [0.3, 0.4) is 0 Å². The van der Waals surface area contributed by atoms with Gasteiger partial charge in [0.05, 0.1) is 13.2 Å². The largest absolute Gasteiger partial charge is 0.383 e. The molecule has 1 spiro atoms. The molecule has 0 bridgehead atoms. The van der Waals surface area contributed by atoms with Crippen molar-refractivity contribution in [3.8, 4) is 0 Å². The van der Waals surface area contributed by atoms with Crippen molar-refractivity contribution in [1.82, 2.24) is 5.32 Å². The molecule has 2 aromatic carbocycles. The molecule has 1 N–H and O–H groups in total. The molecule has 1 fully saturated rings. The zero-order valence-corrected chi connectivity index (χ0v) is 16.3. The molecule has 0 aromatic heterocycles. The van der Waals surface area contributed by atoms with Gasteiger partial charge in [-0.2, -0.15) is 0 Å². The number of hydrogen-bond acceptors (Lipinski definition) is 4. The standard InChI is InChI=1S/C22H24F2N2O3/c1-28-9-8-25-21(27)20-11-22(14-29-20)13-26(19-5-3-2-4-17(19)22)12-15-6-7-16(23)10-18(15)24/h2-7,10,20H,8-9,11-14H2,1H3,(H,25,27)/t20-,22+/m0/s1. The molecular weight excluding hydrogens is 378 g/mol. The third kappa shape index (κ3) is 3.84. The van der Waals surface area contributed by atoms with Gasteiger partial charge in [-0.1, -0.05) is 24.3 Å². The number of nitrogens with one attached hydrogen (secondary N) is 1. The average Bonchev–Trinajstić information content (AvgIpc) is 3.27. The molecule has 0 saturated carbocycles. The van der Waals surface area contributed by atoms with Crippen molar-refractivity contribution < 1.29 is 23.0 Å². The third-order valence-corrected chi connectivity index (χ3v) is 5.72. The highest BCUT2D eigenvalue weighted by atomic mass is 19.1. The predicted octanol–water partition coefficient (Wildman–Crippen LogP) is 2.77. The topological polar surface area (TPSA) is 50.8 Å². The molecule has 154 valence electrons. The van der Waals surface area contributed by atoms with Crippen molar-refractivity contribution in [1.29, 1.82) is 0 Å². The van der Waals surface area contributed by atoms with Crippen molar-refractivity contribution in [2.75, 3.05) is 38.3 Å². The van der Waals surface area contributed by atoms with Crippen LogP contribution in [0, 0.1) is 11.6 Å². The number of hydrogen-bond donors (Lipinski definition) is 1. The highest BCUT2D eigenvalue weighted by Gasteiger charge is 2.50. The maximum absolute atomic E-state index is 14.2. The molecule has 4 rings (SSSR count). The van der Waals surface area contributed by atoms with Gasteiger partial charge in [-0.25, -0.2) is 8.78 Å². The summed E-state index contributed by atoms with van der Waals surface area (Å²) in [4.78, 5) is 14.5. The number of anilines is 1. The van der Waals surface area contributed by atoms with Crippen molar-refractivity contribution in [3.63, 3.8) is 0 Å². The minimum Gasteiger partial charge on any atom is -0.383 e. The van der Waals surface area contributed by atoms with Gasteiger partial charge in [-0.3, -0.25) is 4.79 Å². The number of para-hydroxylation sites is 1.